The first-order chi connectivity index (χ1) is 17.3. The first-order valence-corrected chi connectivity index (χ1v) is 11.2. The molecule has 0 saturated carbocycles. The molecule has 1 atom stereocenters. The second-order valence-corrected chi connectivity index (χ2v) is 8.32. The third-order valence-electron chi connectivity index (χ3n) is 5.93. The largest absolute Gasteiger partial charge is 0.507 e. The number of nitrogens with one attached hydrogen (secondary N) is 2. The predicted octanol–water partition coefficient (Wildman–Crippen LogP) is 3.83. The summed E-state index contributed by atoms with van der Waals surface area (Å²) in [5.74, 6) is -2.48. The Kier molecular flexibility index (Phi) is 6.96. The van der Waals surface area contributed by atoms with Gasteiger partial charge in [0.2, 0.25) is 0 Å². The van der Waals surface area contributed by atoms with Gasteiger partial charge in [-0.05, 0) is 36.2 Å². The zero-order chi connectivity index (χ0) is 25.8. The average molecular weight is 485 g/mol. The molecule has 3 aromatic carbocycles. The number of aromatic amines is 1. The number of fused-ring (bicyclic) bond motifs is 1. The zero-order valence-electron chi connectivity index (χ0n) is 19.7. The molecule has 0 aliphatic heterocycles. The summed E-state index contributed by atoms with van der Waals surface area (Å²) >= 11 is 0. The lowest BCUT2D eigenvalue weighted by atomic mass is 9.97. The molecule has 182 valence electrons. The molecule has 0 aliphatic rings. The van der Waals surface area contributed by atoms with Crippen LogP contribution in [0.15, 0.2) is 72.9 Å². The molecular formula is C28H24N2O6. The maximum atomic E-state index is 12.8. The maximum Gasteiger partial charge on any atom is 0.328 e. The van der Waals surface area contributed by atoms with Gasteiger partial charge in [0.05, 0.1) is 12.7 Å². The van der Waals surface area contributed by atoms with Crippen LogP contribution in [0.2, 0.25) is 0 Å². The number of phenolic OH excluding ortho intramolecular Hbond substituents is 1. The van der Waals surface area contributed by atoms with E-state index >= 15 is 0 Å². The molecule has 4 aromatic rings. The van der Waals surface area contributed by atoms with Gasteiger partial charge in [0.25, 0.3) is 11.7 Å². The highest BCUT2D eigenvalue weighted by Crippen LogP contribution is 2.31. The molecule has 0 fully saturated rings. The lowest BCUT2D eigenvalue weighted by Gasteiger charge is -2.17. The number of carbonyl (C=O) groups is 4. The Labute approximate surface area is 206 Å². The number of ketones is 2. The first-order valence-electron chi connectivity index (χ1n) is 11.2. The summed E-state index contributed by atoms with van der Waals surface area (Å²) < 4.78 is 4.85. The van der Waals surface area contributed by atoms with Gasteiger partial charge in [-0.25, -0.2) is 4.79 Å². The lowest BCUT2D eigenvalue weighted by Crippen LogP contribution is -2.45. The Morgan fingerprint density at radius 3 is 2.42 bits per heavy atom. The van der Waals surface area contributed by atoms with Crippen molar-refractivity contribution < 1.29 is 29.0 Å². The van der Waals surface area contributed by atoms with Crippen molar-refractivity contribution in [3.63, 3.8) is 0 Å². The highest BCUT2D eigenvalue weighted by molar-refractivity contribution is 6.45. The van der Waals surface area contributed by atoms with Crippen molar-refractivity contribution in [1.29, 1.82) is 0 Å². The molecule has 0 unspecified atom stereocenters. The molecule has 4 rings (SSSR count). The number of para-hydroxylation sites is 1. The topological polar surface area (TPSA) is 126 Å². The number of H-pyrrole nitrogens is 1. The second kappa shape index (κ2) is 10.3. The van der Waals surface area contributed by atoms with Crippen LogP contribution < -0.4 is 5.32 Å². The Balaban J connectivity index is 1.56. The van der Waals surface area contributed by atoms with Gasteiger partial charge in [-0.2, -0.15) is 0 Å². The highest BCUT2D eigenvalue weighted by atomic mass is 16.5. The summed E-state index contributed by atoms with van der Waals surface area (Å²) in [4.78, 5) is 52.6. The van der Waals surface area contributed by atoms with Crippen molar-refractivity contribution in [2.24, 2.45) is 0 Å². The van der Waals surface area contributed by atoms with Crippen LogP contribution in [0.5, 0.6) is 5.75 Å². The number of carbonyl (C=O) groups excluding carboxylic acids is 4. The predicted molar refractivity (Wildman–Crippen MR) is 134 cm³/mol. The summed E-state index contributed by atoms with van der Waals surface area (Å²) in [6, 6.07) is 17.5. The van der Waals surface area contributed by atoms with E-state index in [0.29, 0.717) is 33.2 Å². The molecule has 36 heavy (non-hydrogen) atoms. The number of hydrogen-bond acceptors (Lipinski definition) is 6. The number of phenols is 1. The molecule has 0 spiro atoms. The van der Waals surface area contributed by atoms with Crippen LogP contribution in [-0.2, 0) is 20.7 Å². The van der Waals surface area contributed by atoms with E-state index in [0.717, 1.165) is 0 Å². The Hall–Kier alpha value is -4.72. The van der Waals surface area contributed by atoms with Crippen molar-refractivity contribution in [3.05, 3.63) is 89.6 Å². The van der Waals surface area contributed by atoms with Gasteiger partial charge in [-0.15, -0.1) is 0 Å². The standard InChI is InChI=1S/C28H24N2O6/c1-16(31)18-8-10-19(11-9-18)21-13-17(7-12-25(21)32)14-24(28(35)36-2)30-27(34)26(33)22-15-29-23-6-4-3-5-20(22)23/h3-13,15,24,29,32H,14H2,1-2H3,(H,30,34)/t24-/m0/s1. The summed E-state index contributed by atoms with van der Waals surface area (Å²) in [7, 11) is 1.20. The summed E-state index contributed by atoms with van der Waals surface area (Å²) in [5.41, 5.74) is 3.25. The van der Waals surface area contributed by atoms with Gasteiger partial charge in [-0.3, -0.25) is 14.4 Å². The molecule has 0 aliphatic carbocycles. The van der Waals surface area contributed by atoms with E-state index < -0.39 is 23.7 Å². The molecule has 8 nitrogen and oxygen atoms in total. The zero-order valence-corrected chi connectivity index (χ0v) is 19.7. The lowest BCUT2D eigenvalue weighted by molar-refractivity contribution is -0.144. The summed E-state index contributed by atoms with van der Waals surface area (Å²) in [6.07, 6.45) is 1.49. The van der Waals surface area contributed by atoms with Crippen molar-refractivity contribution in [3.8, 4) is 16.9 Å². The number of Topliss-reactive ketones (excluding diaryl/α,β-unsaturated/α-hetero) is 2. The van der Waals surface area contributed by atoms with Gasteiger partial charge in [-0.1, -0.05) is 48.5 Å². The monoisotopic (exact) mass is 484 g/mol. The SMILES string of the molecule is COC(=O)[C@H](Cc1ccc(O)c(-c2ccc(C(C)=O)cc2)c1)NC(=O)C(=O)c1c[nH]c2ccccc12. The van der Waals surface area contributed by atoms with Crippen LogP contribution in [0, 0.1) is 0 Å². The normalized spacial score (nSPS) is 11.6. The van der Waals surface area contributed by atoms with Gasteiger partial charge in [0.15, 0.2) is 5.78 Å². The van der Waals surface area contributed by atoms with Gasteiger partial charge in [0.1, 0.15) is 11.8 Å². The van der Waals surface area contributed by atoms with E-state index in [1.165, 1.54) is 26.3 Å². The Morgan fingerprint density at radius 1 is 1.00 bits per heavy atom. The smallest absolute Gasteiger partial charge is 0.328 e. The van der Waals surface area contributed by atoms with Crippen LogP contribution in [0.4, 0.5) is 0 Å². The Bertz CT molecular complexity index is 1470. The molecular weight excluding hydrogens is 460 g/mol. The van der Waals surface area contributed by atoms with Crippen LogP contribution in [0.3, 0.4) is 0 Å². The van der Waals surface area contributed by atoms with Crippen LogP contribution >= 0.6 is 0 Å². The minimum absolute atomic E-state index is 0.0162. The molecule has 1 heterocycles. The molecule has 0 radical (unpaired) electrons. The van der Waals surface area contributed by atoms with Crippen LogP contribution in [-0.4, -0.2) is 46.7 Å². The number of aromatic hydroxyl groups is 1. The maximum absolute atomic E-state index is 12.8. The van der Waals surface area contributed by atoms with Gasteiger partial charge in [0, 0.05) is 34.6 Å². The fourth-order valence-electron chi connectivity index (χ4n) is 4.00. The molecule has 0 saturated heterocycles. The number of rotatable bonds is 8. The third kappa shape index (κ3) is 5.02. The number of esters is 1. The quantitative estimate of drug-likeness (QED) is 0.198. The van der Waals surface area contributed by atoms with Gasteiger partial charge < -0.3 is 20.1 Å². The highest BCUT2D eigenvalue weighted by Gasteiger charge is 2.27. The number of hydrogen-bond donors (Lipinski definition) is 3. The summed E-state index contributed by atoms with van der Waals surface area (Å²) in [5, 5.41) is 13.5. The fourth-order valence-corrected chi connectivity index (χ4v) is 4.00. The van der Waals surface area contributed by atoms with E-state index in [4.69, 9.17) is 4.74 Å². The van der Waals surface area contributed by atoms with Crippen molar-refractivity contribution in [2.75, 3.05) is 7.11 Å². The molecule has 8 heteroatoms. The van der Waals surface area contributed by atoms with Crippen molar-refractivity contribution >= 4 is 34.3 Å². The minimum Gasteiger partial charge on any atom is -0.507 e. The van der Waals surface area contributed by atoms with E-state index in [9.17, 15) is 24.3 Å². The van der Waals surface area contributed by atoms with E-state index in [2.05, 4.69) is 10.3 Å². The third-order valence-corrected chi connectivity index (χ3v) is 5.93. The van der Waals surface area contributed by atoms with E-state index in [1.807, 2.05) is 6.07 Å². The van der Waals surface area contributed by atoms with E-state index in [-0.39, 0.29) is 23.5 Å². The number of aromatic nitrogens is 1. The number of ether oxygens (including phenoxy) is 1. The number of benzene rings is 3. The fraction of sp³-hybridized carbons (Fsp3) is 0.143. The molecule has 3 N–H and O–H groups in total. The number of methoxy groups -OCH3 is 1. The van der Waals surface area contributed by atoms with Crippen molar-refractivity contribution in [2.45, 2.75) is 19.4 Å². The average Bonchev–Trinajstić information content (AvgIpc) is 3.32. The van der Waals surface area contributed by atoms with E-state index in [1.54, 1.807) is 54.6 Å². The van der Waals surface area contributed by atoms with Crippen LogP contribution in [0.25, 0.3) is 22.0 Å². The molecule has 0 bridgehead atoms. The number of amides is 1. The summed E-state index contributed by atoms with van der Waals surface area (Å²) in [6.45, 7) is 1.47. The molecule has 1 amide bonds. The minimum atomic E-state index is -1.13. The van der Waals surface area contributed by atoms with Crippen LogP contribution in [0.1, 0.15) is 33.2 Å². The molecule has 1 aromatic heterocycles. The Morgan fingerprint density at radius 2 is 1.72 bits per heavy atom. The first kappa shape index (κ1) is 24.4. The van der Waals surface area contributed by atoms with Gasteiger partial charge >= 0.3 is 5.97 Å². The second-order valence-electron chi connectivity index (χ2n) is 8.32. The van der Waals surface area contributed by atoms with Crippen molar-refractivity contribution in [1.82, 2.24) is 10.3 Å².